The van der Waals surface area contributed by atoms with Crippen LogP contribution in [0.25, 0.3) is 0 Å². The van der Waals surface area contributed by atoms with Gasteiger partial charge in [-0.1, -0.05) is 6.07 Å². The normalized spacial score (nSPS) is 10.0. The number of hydrogen-bond acceptors (Lipinski definition) is 4. The van der Waals surface area contributed by atoms with Gasteiger partial charge in [-0.3, -0.25) is 9.11 Å². The van der Waals surface area contributed by atoms with Crippen molar-refractivity contribution in [3.8, 4) is 0 Å². The highest BCUT2D eigenvalue weighted by molar-refractivity contribution is 7.79. The van der Waals surface area contributed by atoms with Gasteiger partial charge in [0.2, 0.25) is 0 Å². The molecule has 0 saturated carbocycles. The molecule has 13 heavy (non-hydrogen) atoms. The van der Waals surface area contributed by atoms with Crippen molar-refractivity contribution in [3.05, 3.63) is 24.3 Å². The van der Waals surface area contributed by atoms with E-state index >= 15 is 0 Å². The molecule has 0 unspecified atom stereocenters. The number of nitrogens with two attached hydrogens (primary N) is 2. The van der Waals surface area contributed by atoms with E-state index in [1.165, 1.54) is 0 Å². The van der Waals surface area contributed by atoms with Crippen LogP contribution in [0.2, 0.25) is 0 Å². The fourth-order valence-electron chi connectivity index (χ4n) is 0.559. The molecule has 0 aliphatic heterocycles. The largest absolute Gasteiger partial charge is 0.399 e. The molecule has 74 valence electrons. The lowest BCUT2D eigenvalue weighted by molar-refractivity contribution is 0.381. The standard InChI is InChI=1S/C6H8N2.H2O4S/c7-5-2-1-3-6(8)4-5;1-5(2,3)4/h1-4H,7-8H2;(H2,1,2,3,4). The van der Waals surface area contributed by atoms with Crippen molar-refractivity contribution >= 4 is 21.8 Å². The Labute approximate surface area is 75.7 Å². The molecule has 0 aromatic heterocycles. The minimum absolute atomic E-state index is 0.713. The van der Waals surface area contributed by atoms with Gasteiger partial charge in [0.05, 0.1) is 0 Å². The van der Waals surface area contributed by atoms with Gasteiger partial charge in [0, 0.05) is 11.4 Å². The summed E-state index contributed by atoms with van der Waals surface area (Å²) in [5, 5.41) is 0. The zero-order valence-corrected chi connectivity index (χ0v) is 7.40. The van der Waals surface area contributed by atoms with Gasteiger partial charge < -0.3 is 11.5 Å². The van der Waals surface area contributed by atoms with E-state index in [2.05, 4.69) is 0 Å². The van der Waals surface area contributed by atoms with E-state index in [4.69, 9.17) is 29.0 Å². The third-order valence-corrected chi connectivity index (χ3v) is 0.911. The van der Waals surface area contributed by atoms with Crippen molar-refractivity contribution in [3.63, 3.8) is 0 Å². The summed E-state index contributed by atoms with van der Waals surface area (Å²) in [4.78, 5) is 0. The van der Waals surface area contributed by atoms with Gasteiger partial charge in [0.15, 0.2) is 0 Å². The Morgan fingerprint density at radius 3 is 1.54 bits per heavy atom. The highest BCUT2D eigenvalue weighted by atomic mass is 32.3. The Bertz CT molecular complexity index is 337. The second kappa shape index (κ2) is 4.65. The Balaban J connectivity index is 0.000000252. The van der Waals surface area contributed by atoms with Crippen LogP contribution in [0.3, 0.4) is 0 Å². The van der Waals surface area contributed by atoms with Gasteiger partial charge in [0.25, 0.3) is 0 Å². The van der Waals surface area contributed by atoms with Crippen molar-refractivity contribution in [2.75, 3.05) is 11.5 Å². The van der Waals surface area contributed by atoms with E-state index < -0.39 is 10.4 Å². The molecule has 0 atom stereocenters. The Hall–Kier alpha value is -1.31. The summed E-state index contributed by atoms with van der Waals surface area (Å²) < 4.78 is 31.6. The maximum absolute atomic E-state index is 8.74. The summed E-state index contributed by atoms with van der Waals surface area (Å²) in [6, 6.07) is 7.15. The highest BCUT2D eigenvalue weighted by Gasteiger charge is 1.84. The van der Waals surface area contributed by atoms with Crippen molar-refractivity contribution < 1.29 is 17.5 Å². The van der Waals surface area contributed by atoms with Crippen molar-refractivity contribution in [1.29, 1.82) is 0 Å². The maximum Gasteiger partial charge on any atom is 0.394 e. The van der Waals surface area contributed by atoms with E-state index in [9.17, 15) is 0 Å². The van der Waals surface area contributed by atoms with Gasteiger partial charge in [0.1, 0.15) is 0 Å². The lowest BCUT2D eigenvalue weighted by atomic mass is 10.3. The molecule has 0 radical (unpaired) electrons. The molecule has 1 aromatic rings. The van der Waals surface area contributed by atoms with E-state index in [0.717, 1.165) is 0 Å². The maximum atomic E-state index is 8.74. The van der Waals surface area contributed by atoms with Crippen LogP contribution in [0.15, 0.2) is 24.3 Å². The van der Waals surface area contributed by atoms with Gasteiger partial charge >= 0.3 is 10.4 Å². The molecule has 0 aliphatic carbocycles. The zero-order chi connectivity index (χ0) is 10.5. The average Bonchev–Trinajstić information content (AvgIpc) is 1.81. The van der Waals surface area contributed by atoms with E-state index in [1.807, 2.05) is 6.07 Å². The van der Waals surface area contributed by atoms with Gasteiger partial charge in [-0.2, -0.15) is 8.42 Å². The second-order valence-corrected chi connectivity index (χ2v) is 3.01. The summed E-state index contributed by atoms with van der Waals surface area (Å²) in [7, 11) is -4.67. The molecule has 7 heteroatoms. The molecule has 6 nitrogen and oxygen atoms in total. The quantitative estimate of drug-likeness (QED) is 0.354. The van der Waals surface area contributed by atoms with E-state index in [-0.39, 0.29) is 0 Å². The number of benzene rings is 1. The van der Waals surface area contributed by atoms with Gasteiger partial charge in [-0.05, 0) is 18.2 Å². The fraction of sp³-hybridized carbons (Fsp3) is 0. The molecular formula is C6H10N2O4S. The Morgan fingerprint density at radius 1 is 1.08 bits per heavy atom. The van der Waals surface area contributed by atoms with Crippen LogP contribution in [0, 0.1) is 0 Å². The first-order valence-electron chi connectivity index (χ1n) is 3.10. The molecule has 0 fully saturated rings. The number of rotatable bonds is 0. The first-order chi connectivity index (χ1) is 5.79. The molecule has 6 N–H and O–H groups in total. The summed E-state index contributed by atoms with van der Waals surface area (Å²) >= 11 is 0. The second-order valence-electron chi connectivity index (χ2n) is 2.12. The van der Waals surface area contributed by atoms with Crippen LogP contribution in [0.1, 0.15) is 0 Å². The van der Waals surface area contributed by atoms with E-state index in [0.29, 0.717) is 11.4 Å². The molecule has 0 heterocycles. The predicted molar refractivity (Wildman–Crippen MR) is 49.4 cm³/mol. The monoisotopic (exact) mass is 206 g/mol. The lowest BCUT2D eigenvalue weighted by Gasteiger charge is -1.91. The van der Waals surface area contributed by atoms with Crippen molar-refractivity contribution in [2.45, 2.75) is 0 Å². The minimum Gasteiger partial charge on any atom is -0.399 e. The zero-order valence-electron chi connectivity index (χ0n) is 6.58. The third kappa shape index (κ3) is 10.7. The summed E-state index contributed by atoms with van der Waals surface area (Å²) in [6.07, 6.45) is 0. The third-order valence-electron chi connectivity index (χ3n) is 0.911. The lowest BCUT2D eigenvalue weighted by Crippen LogP contribution is -1.89. The molecular weight excluding hydrogens is 196 g/mol. The molecule has 0 bridgehead atoms. The Kier molecular flexibility index (Phi) is 4.18. The average molecular weight is 206 g/mol. The van der Waals surface area contributed by atoms with Crippen LogP contribution < -0.4 is 11.5 Å². The number of hydrogen-bond donors (Lipinski definition) is 4. The number of anilines is 2. The smallest absolute Gasteiger partial charge is 0.394 e. The summed E-state index contributed by atoms with van der Waals surface area (Å²) in [5.74, 6) is 0. The van der Waals surface area contributed by atoms with Crippen LogP contribution in [0.4, 0.5) is 11.4 Å². The molecule has 1 aromatic carbocycles. The SMILES string of the molecule is Nc1cccc(N)c1.O=S(=O)(O)O. The first kappa shape index (κ1) is 11.7. The van der Waals surface area contributed by atoms with Gasteiger partial charge in [-0.25, -0.2) is 0 Å². The first-order valence-corrected chi connectivity index (χ1v) is 4.49. The van der Waals surface area contributed by atoms with Gasteiger partial charge in [-0.15, -0.1) is 0 Å². The van der Waals surface area contributed by atoms with E-state index in [1.54, 1.807) is 18.2 Å². The predicted octanol–water partition coefficient (Wildman–Crippen LogP) is 0.198. The Morgan fingerprint density at radius 2 is 1.38 bits per heavy atom. The number of nitrogen functional groups attached to an aromatic ring is 2. The van der Waals surface area contributed by atoms with Crippen molar-refractivity contribution in [1.82, 2.24) is 0 Å². The molecule has 0 amide bonds. The van der Waals surface area contributed by atoms with Crippen LogP contribution in [-0.2, 0) is 10.4 Å². The molecule has 0 aliphatic rings. The van der Waals surface area contributed by atoms with Crippen LogP contribution in [-0.4, -0.2) is 17.5 Å². The van der Waals surface area contributed by atoms with Crippen LogP contribution in [0.5, 0.6) is 0 Å². The van der Waals surface area contributed by atoms with Crippen molar-refractivity contribution in [2.24, 2.45) is 0 Å². The molecule has 0 saturated heterocycles. The summed E-state index contributed by atoms with van der Waals surface area (Å²) in [5.41, 5.74) is 12.2. The minimum atomic E-state index is -4.67. The summed E-state index contributed by atoms with van der Waals surface area (Å²) in [6.45, 7) is 0. The molecule has 0 spiro atoms. The highest BCUT2D eigenvalue weighted by Crippen LogP contribution is 2.06. The van der Waals surface area contributed by atoms with Crippen LogP contribution >= 0.6 is 0 Å². The fourth-order valence-corrected chi connectivity index (χ4v) is 0.559. The molecule has 1 rings (SSSR count). The topological polar surface area (TPSA) is 127 Å².